The van der Waals surface area contributed by atoms with Crippen molar-refractivity contribution in [2.75, 3.05) is 32.2 Å². The molecule has 0 unspecified atom stereocenters. The maximum Gasteiger partial charge on any atom is 0.241 e. The smallest absolute Gasteiger partial charge is 0.241 e. The molecule has 1 aromatic carbocycles. The number of imidazole rings is 1. The average molecular weight is 459 g/mol. The fourth-order valence-electron chi connectivity index (χ4n) is 4.39. The zero-order valence-corrected chi connectivity index (χ0v) is 18.7. The number of halogens is 1. The zero-order chi connectivity index (χ0) is 23.2. The number of aromatic nitrogens is 6. The van der Waals surface area contributed by atoms with E-state index in [0.717, 1.165) is 46.8 Å². The standard InChI is InChI=1S/C24H22FN7O2/c1-33-18-12-30(13-18)24-29-22-20(32(24)11-15-4-3-5-16(25)8-15)9-17(10-26-22)31-7-6-19-21(31)23(34-2)28-14-27-19/h3-10,14,18H,11-13H2,1-2H3. The third-order valence-corrected chi connectivity index (χ3v) is 6.18. The maximum absolute atomic E-state index is 13.9. The molecule has 0 atom stereocenters. The van der Waals surface area contributed by atoms with Gasteiger partial charge in [-0.2, -0.15) is 9.97 Å². The van der Waals surface area contributed by atoms with Gasteiger partial charge < -0.3 is 23.5 Å². The molecule has 9 nitrogen and oxygen atoms in total. The molecule has 34 heavy (non-hydrogen) atoms. The van der Waals surface area contributed by atoms with Crippen molar-refractivity contribution in [3.05, 3.63) is 66.5 Å². The van der Waals surface area contributed by atoms with Crippen molar-refractivity contribution in [3.8, 4) is 11.6 Å². The van der Waals surface area contributed by atoms with E-state index in [4.69, 9.17) is 14.5 Å². The Morgan fingerprint density at radius 2 is 1.97 bits per heavy atom. The largest absolute Gasteiger partial charge is 0.479 e. The molecule has 5 aromatic rings. The summed E-state index contributed by atoms with van der Waals surface area (Å²) >= 11 is 0. The normalized spacial score (nSPS) is 14.1. The molecule has 10 heteroatoms. The molecule has 5 heterocycles. The number of hydrogen-bond acceptors (Lipinski definition) is 7. The lowest BCUT2D eigenvalue weighted by atomic mass is 10.2. The van der Waals surface area contributed by atoms with Crippen molar-refractivity contribution in [1.29, 1.82) is 0 Å². The highest BCUT2D eigenvalue weighted by Gasteiger charge is 2.31. The number of nitrogens with zero attached hydrogens (tertiary/aromatic N) is 7. The number of ether oxygens (including phenoxy) is 2. The van der Waals surface area contributed by atoms with E-state index in [0.29, 0.717) is 18.1 Å². The predicted molar refractivity (Wildman–Crippen MR) is 125 cm³/mol. The quantitative estimate of drug-likeness (QED) is 0.386. The number of hydrogen-bond donors (Lipinski definition) is 0. The molecule has 1 aliphatic rings. The minimum Gasteiger partial charge on any atom is -0.479 e. The molecule has 0 amide bonds. The van der Waals surface area contributed by atoms with Crippen LogP contribution >= 0.6 is 0 Å². The number of anilines is 1. The fraction of sp³-hybridized carbons (Fsp3) is 0.250. The third kappa shape index (κ3) is 3.34. The lowest BCUT2D eigenvalue weighted by Crippen LogP contribution is -2.52. The number of pyridine rings is 1. The number of methoxy groups -OCH3 is 2. The first-order valence-electron chi connectivity index (χ1n) is 10.9. The van der Waals surface area contributed by atoms with Crippen LogP contribution in [0.25, 0.3) is 27.9 Å². The number of rotatable bonds is 6. The van der Waals surface area contributed by atoms with Gasteiger partial charge in [-0.3, -0.25) is 0 Å². The summed E-state index contributed by atoms with van der Waals surface area (Å²) in [5.74, 6) is 1.00. The molecule has 172 valence electrons. The molecule has 0 aliphatic carbocycles. The monoisotopic (exact) mass is 459 g/mol. The van der Waals surface area contributed by atoms with E-state index >= 15 is 0 Å². The van der Waals surface area contributed by atoms with Crippen molar-refractivity contribution in [3.63, 3.8) is 0 Å². The number of benzene rings is 1. The first-order chi connectivity index (χ1) is 16.6. The zero-order valence-electron chi connectivity index (χ0n) is 18.7. The number of fused-ring (bicyclic) bond motifs is 2. The predicted octanol–water partition coefficient (Wildman–Crippen LogP) is 3.20. The van der Waals surface area contributed by atoms with Crippen LogP contribution in [-0.4, -0.2) is 62.5 Å². The highest BCUT2D eigenvalue weighted by Crippen LogP contribution is 2.30. The van der Waals surface area contributed by atoms with Gasteiger partial charge in [0.2, 0.25) is 11.8 Å². The molecular weight excluding hydrogens is 437 g/mol. The molecule has 0 saturated carbocycles. The third-order valence-electron chi connectivity index (χ3n) is 6.18. The Bertz CT molecular complexity index is 1510. The Morgan fingerprint density at radius 1 is 1.09 bits per heavy atom. The summed E-state index contributed by atoms with van der Waals surface area (Å²) in [6.07, 6.45) is 5.33. The topological polar surface area (TPSA) is 83.1 Å². The van der Waals surface area contributed by atoms with Crippen LogP contribution in [0.1, 0.15) is 5.56 Å². The van der Waals surface area contributed by atoms with E-state index in [1.54, 1.807) is 32.5 Å². The minimum absolute atomic E-state index is 0.171. The SMILES string of the molecule is COc1ncnc2ccn(-c3cnc4nc(N5CC(OC)C5)n(Cc5cccc(F)c5)c4c3)c12. The van der Waals surface area contributed by atoms with Gasteiger partial charge in [0.05, 0.1) is 42.7 Å². The lowest BCUT2D eigenvalue weighted by Gasteiger charge is -2.39. The van der Waals surface area contributed by atoms with Crippen molar-refractivity contribution in [2.24, 2.45) is 0 Å². The molecule has 1 aliphatic heterocycles. The van der Waals surface area contributed by atoms with Crippen LogP contribution in [0.15, 0.2) is 55.1 Å². The van der Waals surface area contributed by atoms with Gasteiger partial charge in [0.1, 0.15) is 17.7 Å². The van der Waals surface area contributed by atoms with Gasteiger partial charge in [0.15, 0.2) is 5.65 Å². The van der Waals surface area contributed by atoms with Crippen molar-refractivity contribution >= 4 is 28.1 Å². The second-order valence-corrected chi connectivity index (χ2v) is 8.23. The van der Waals surface area contributed by atoms with E-state index in [9.17, 15) is 4.39 Å². The second kappa shape index (κ2) is 8.07. The first kappa shape index (κ1) is 20.5. The average Bonchev–Trinajstić information content (AvgIpc) is 3.40. The van der Waals surface area contributed by atoms with E-state index in [1.165, 1.54) is 12.4 Å². The van der Waals surface area contributed by atoms with Crippen LogP contribution in [0.2, 0.25) is 0 Å². The van der Waals surface area contributed by atoms with Gasteiger partial charge in [0.25, 0.3) is 0 Å². The summed E-state index contributed by atoms with van der Waals surface area (Å²) in [5, 5.41) is 0. The van der Waals surface area contributed by atoms with Crippen molar-refractivity contribution < 1.29 is 13.9 Å². The molecule has 4 aromatic heterocycles. The molecular formula is C24H22FN7O2. The van der Waals surface area contributed by atoms with Gasteiger partial charge in [-0.15, -0.1) is 0 Å². The van der Waals surface area contributed by atoms with Crippen molar-refractivity contribution in [1.82, 2.24) is 29.1 Å². The lowest BCUT2D eigenvalue weighted by molar-refractivity contribution is 0.0775. The highest BCUT2D eigenvalue weighted by molar-refractivity contribution is 5.84. The molecule has 6 rings (SSSR count). The van der Waals surface area contributed by atoms with Crippen LogP contribution in [0.4, 0.5) is 10.3 Å². The summed E-state index contributed by atoms with van der Waals surface area (Å²) in [5.41, 5.74) is 4.66. The van der Waals surface area contributed by atoms with Gasteiger partial charge in [-0.05, 0) is 29.8 Å². The van der Waals surface area contributed by atoms with Gasteiger partial charge in [-0.25, -0.2) is 14.4 Å². The van der Waals surface area contributed by atoms with Crippen LogP contribution in [0.3, 0.4) is 0 Å². The summed E-state index contributed by atoms with van der Waals surface area (Å²) in [6, 6.07) is 10.5. The van der Waals surface area contributed by atoms with Crippen LogP contribution in [0.5, 0.6) is 5.88 Å². The summed E-state index contributed by atoms with van der Waals surface area (Å²) in [6.45, 7) is 1.95. The Morgan fingerprint density at radius 3 is 2.76 bits per heavy atom. The highest BCUT2D eigenvalue weighted by atomic mass is 19.1. The van der Waals surface area contributed by atoms with Crippen LogP contribution in [0, 0.1) is 5.82 Å². The Balaban J connectivity index is 1.50. The van der Waals surface area contributed by atoms with Gasteiger partial charge in [0, 0.05) is 26.4 Å². The summed E-state index contributed by atoms with van der Waals surface area (Å²) in [7, 11) is 3.30. The van der Waals surface area contributed by atoms with Gasteiger partial charge in [-0.1, -0.05) is 12.1 Å². The maximum atomic E-state index is 13.9. The second-order valence-electron chi connectivity index (χ2n) is 8.23. The summed E-state index contributed by atoms with van der Waals surface area (Å²) in [4.78, 5) is 20.2. The summed E-state index contributed by atoms with van der Waals surface area (Å²) < 4.78 is 28.9. The van der Waals surface area contributed by atoms with E-state index < -0.39 is 0 Å². The Labute approximate surface area is 194 Å². The van der Waals surface area contributed by atoms with Crippen molar-refractivity contribution in [2.45, 2.75) is 12.6 Å². The van der Waals surface area contributed by atoms with E-state index in [2.05, 4.69) is 24.4 Å². The first-order valence-corrected chi connectivity index (χ1v) is 10.9. The van der Waals surface area contributed by atoms with Crippen LogP contribution in [-0.2, 0) is 11.3 Å². The minimum atomic E-state index is -0.267. The molecule has 0 bridgehead atoms. The molecule has 0 N–H and O–H groups in total. The molecule has 1 fully saturated rings. The Kier molecular flexibility index (Phi) is 4.88. The van der Waals surface area contributed by atoms with Gasteiger partial charge >= 0.3 is 0 Å². The van der Waals surface area contributed by atoms with E-state index in [-0.39, 0.29) is 11.9 Å². The van der Waals surface area contributed by atoms with Crippen LogP contribution < -0.4 is 9.64 Å². The Hall–Kier alpha value is -4.05. The fourth-order valence-corrected chi connectivity index (χ4v) is 4.39. The molecule has 0 radical (unpaired) electrons. The molecule has 1 saturated heterocycles. The molecule has 0 spiro atoms. The van der Waals surface area contributed by atoms with E-state index in [1.807, 2.05) is 29.0 Å².